The Balaban J connectivity index is 0.000000206. The Morgan fingerprint density at radius 2 is 1.85 bits per heavy atom. The first-order chi connectivity index (χ1) is 24.9. The van der Waals surface area contributed by atoms with E-state index in [9.17, 15) is 29.1 Å². The number of carbonyl (C=O) groups excluding carboxylic acids is 4. The van der Waals surface area contributed by atoms with Gasteiger partial charge >= 0.3 is 0 Å². The lowest BCUT2D eigenvalue weighted by molar-refractivity contribution is -0.137. The highest BCUT2D eigenvalue weighted by Gasteiger charge is 2.39. The number of carbonyl (C=O) groups is 4. The Morgan fingerprint density at radius 1 is 1.08 bits per heavy atom. The monoisotopic (exact) mass is 730 g/mol. The van der Waals surface area contributed by atoms with E-state index >= 15 is 0 Å². The number of aromatic hydroxyl groups is 1. The number of phenolic OH excluding ortho intramolecular Hbond substituents is 1. The summed E-state index contributed by atoms with van der Waals surface area (Å²) >= 11 is 6.36. The van der Waals surface area contributed by atoms with E-state index < -0.39 is 11.9 Å². The summed E-state index contributed by atoms with van der Waals surface area (Å²) in [6.45, 7) is 1.95. The number of nitrogens with zero attached hydrogens (tertiary/aromatic N) is 6. The molecule has 52 heavy (non-hydrogen) atoms. The number of piperidine rings is 2. The zero-order valence-corrected chi connectivity index (χ0v) is 29.8. The van der Waals surface area contributed by atoms with Gasteiger partial charge in [0.15, 0.2) is 18.2 Å². The number of amides is 4. The molecule has 3 N–H and O–H groups in total. The van der Waals surface area contributed by atoms with Gasteiger partial charge in [0.25, 0.3) is 17.4 Å². The number of pyridine rings is 1. The Kier molecular flexibility index (Phi) is 10.6. The molecule has 0 radical (unpaired) electrons. The van der Waals surface area contributed by atoms with E-state index in [0.29, 0.717) is 34.3 Å². The summed E-state index contributed by atoms with van der Waals surface area (Å²) in [4.78, 5) is 73.7. The summed E-state index contributed by atoms with van der Waals surface area (Å²) in [5, 5.41) is 16.1. The highest BCUT2D eigenvalue weighted by atomic mass is 35.5. The maximum Gasteiger partial charge on any atom is 0.293 e. The second kappa shape index (κ2) is 15.3. The topological polar surface area (TPSA) is 179 Å². The summed E-state index contributed by atoms with van der Waals surface area (Å²) in [7, 11) is 4.94. The summed E-state index contributed by atoms with van der Waals surface area (Å²) in [5.74, 6) is 0.196. The first-order valence-electron chi connectivity index (χ1n) is 16.9. The van der Waals surface area contributed by atoms with Crippen LogP contribution < -0.4 is 25.8 Å². The van der Waals surface area contributed by atoms with Crippen LogP contribution in [0.3, 0.4) is 0 Å². The maximum atomic E-state index is 12.6. The molecular weight excluding hydrogens is 692 g/mol. The molecular formula is C36H39ClN8O7. The van der Waals surface area contributed by atoms with Gasteiger partial charge in [-0.25, -0.2) is 4.98 Å². The van der Waals surface area contributed by atoms with Crippen molar-refractivity contribution >= 4 is 63.6 Å². The van der Waals surface area contributed by atoms with Crippen LogP contribution >= 0.6 is 11.6 Å². The molecule has 1 atom stereocenters. The van der Waals surface area contributed by atoms with Crippen molar-refractivity contribution in [1.82, 2.24) is 29.7 Å². The van der Waals surface area contributed by atoms with Gasteiger partial charge in [-0.2, -0.15) is 4.98 Å². The largest absolute Gasteiger partial charge is 0.508 e. The second-order valence-corrected chi connectivity index (χ2v) is 13.4. The van der Waals surface area contributed by atoms with E-state index in [4.69, 9.17) is 16.3 Å². The number of nitrogens with one attached hydrogen (secondary N) is 2. The first-order valence-corrected chi connectivity index (χ1v) is 17.2. The SMILES string of the molecule is CN(C)C(=O)COc1cc2cc(Nc3nc(N4CCCCC4)ncc3Cl)ccc2n(C)c1=O.O=C1CCC(N2Cc3cc(O)ccc3C2=O)C(=O)N1. The third-order valence-electron chi connectivity index (χ3n) is 9.18. The Morgan fingerprint density at radius 3 is 2.58 bits per heavy atom. The maximum absolute atomic E-state index is 12.6. The third kappa shape index (κ3) is 7.78. The van der Waals surface area contributed by atoms with Crippen molar-refractivity contribution < 1.29 is 29.0 Å². The van der Waals surface area contributed by atoms with Crippen LogP contribution in [0, 0.1) is 0 Å². The van der Waals surface area contributed by atoms with Crippen LogP contribution in [-0.4, -0.2) is 92.9 Å². The van der Waals surface area contributed by atoms with Crippen LogP contribution in [0.2, 0.25) is 5.02 Å². The van der Waals surface area contributed by atoms with Crippen molar-refractivity contribution in [2.75, 3.05) is 44.0 Å². The number of phenols is 1. The van der Waals surface area contributed by atoms with E-state index in [2.05, 4.69) is 25.5 Å². The van der Waals surface area contributed by atoms with Gasteiger partial charge in [-0.15, -0.1) is 0 Å². The van der Waals surface area contributed by atoms with Crippen LogP contribution in [0.4, 0.5) is 17.5 Å². The van der Waals surface area contributed by atoms with Crippen LogP contribution in [0.1, 0.15) is 48.0 Å². The average molecular weight is 731 g/mol. The molecule has 0 spiro atoms. The van der Waals surface area contributed by atoms with E-state index in [-0.39, 0.29) is 54.4 Å². The molecule has 4 amide bonds. The van der Waals surface area contributed by atoms with Gasteiger partial charge in [0.1, 0.15) is 16.8 Å². The highest BCUT2D eigenvalue weighted by molar-refractivity contribution is 6.33. The number of hydrogen-bond donors (Lipinski definition) is 3. The molecule has 0 saturated carbocycles. The molecule has 3 aliphatic heterocycles. The Hall–Kier alpha value is -5.70. The van der Waals surface area contributed by atoms with Crippen molar-refractivity contribution in [2.24, 2.45) is 7.05 Å². The fourth-order valence-corrected chi connectivity index (χ4v) is 6.43. The molecule has 272 valence electrons. The standard InChI is InChI=1S/C23H27ClN6O3.C13H12N2O4/c1-28(2)20(31)14-33-19-12-15-11-16(7-8-18(15)29(3)22(19)32)26-21-17(24)13-25-23(27-21)30-9-5-4-6-10-30;16-8-1-2-9-7(5-8)6-15(13(9)19)10-3-4-11(17)14-12(10)18/h7-8,11-13H,4-6,9-10,14H2,1-3H3,(H,25,26,27);1-2,5,10,16H,3-4,6H2,(H,14,17,18). The van der Waals surface area contributed by atoms with Crippen LogP contribution in [0.25, 0.3) is 10.9 Å². The number of likely N-dealkylation sites (N-methyl/N-ethyl adjacent to an activating group) is 1. The van der Waals surface area contributed by atoms with Gasteiger partial charge in [0.2, 0.25) is 17.8 Å². The molecule has 1 unspecified atom stereocenters. The van der Waals surface area contributed by atoms with Crippen LogP contribution in [0.15, 0.2) is 53.5 Å². The zero-order chi connectivity index (χ0) is 37.1. The van der Waals surface area contributed by atoms with E-state index in [1.165, 1.54) is 32.9 Å². The number of benzene rings is 2. The predicted molar refractivity (Wildman–Crippen MR) is 194 cm³/mol. The van der Waals surface area contributed by atoms with E-state index in [0.717, 1.165) is 42.5 Å². The highest BCUT2D eigenvalue weighted by Crippen LogP contribution is 2.30. The molecule has 4 aromatic rings. The molecule has 5 heterocycles. The zero-order valence-electron chi connectivity index (χ0n) is 29.0. The molecule has 2 aromatic heterocycles. The van der Waals surface area contributed by atoms with Crippen molar-refractivity contribution in [1.29, 1.82) is 0 Å². The number of hydrogen-bond acceptors (Lipinski definition) is 11. The Bertz CT molecular complexity index is 2110. The quantitative estimate of drug-likeness (QED) is 0.238. The minimum Gasteiger partial charge on any atom is -0.508 e. The number of rotatable bonds is 7. The fourth-order valence-electron chi connectivity index (χ4n) is 6.29. The number of imide groups is 1. The van der Waals surface area contributed by atoms with Gasteiger partial charge in [-0.3, -0.25) is 29.3 Å². The van der Waals surface area contributed by atoms with Gasteiger partial charge in [-0.1, -0.05) is 11.6 Å². The van der Waals surface area contributed by atoms with E-state index in [1.54, 1.807) is 39.5 Å². The third-order valence-corrected chi connectivity index (χ3v) is 9.46. The first kappa shape index (κ1) is 36.1. The van der Waals surface area contributed by atoms with Gasteiger partial charge < -0.3 is 34.4 Å². The van der Waals surface area contributed by atoms with Crippen molar-refractivity contribution in [2.45, 2.75) is 44.7 Å². The van der Waals surface area contributed by atoms with Gasteiger partial charge in [-0.05, 0) is 73.7 Å². The molecule has 0 bridgehead atoms. The summed E-state index contributed by atoms with van der Waals surface area (Å²) in [5.41, 5.74) is 2.39. The van der Waals surface area contributed by atoms with Crippen molar-refractivity contribution in [3.63, 3.8) is 0 Å². The number of anilines is 3. The van der Waals surface area contributed by atoms with Crippen LogP contribution in [-0.2, 0) is 28.0 Å². The minimum absolute atomic E-state index is 0.0941. The number of aryl methyl sites for hydroxylation is 1. The number of fused-ring (bicyclic) bond motifs is 2. The molecule has 7 rings (SSSR count). The lowest BCUT2D eigenvalue weighted by atomic mass is 10.0. The Labute approximate surface area is 304 Å². The van der Waals surface area contributed by atoms with Gasteiger partial charge in [0, 0.05) is 63.8 Å². The molecule has 2 aromatic carbocycles. The molecule has 16 heteroatoms. The predicted octanol–water partition coefficient (Wildman–Crippen LogP) is 3.34. The van der Waals surface area contributed by atoms with Crippen molar-refractivity contribution in [3.05, 3.63) is 75.2 Å². The number of halogens is 1. The van der Waals surface area contributed by atoms with Gasteiger partial charge in [0.05, 0.1) is 11.7 Å². The number of ether oxygens (including phenoxy) is 1. The smallest absolute Gasteiger partial charge is 0.293 e. The molecule has 2 saturated heterocycles. The normalized spacial score (nSPS) is 16.9. The molecule has 0 aliphatic carbocycles. The van der Waals surface area contributed by atoms with E-state index in [1.807, 2.05) is 18.2 Å². The molecule has 2 fully saturated rings. The molecule has 15 nitrogen and oxygen atoms in total. The lowest BCUT2D eigenvalue weighted by Crippen LogP contribution is -2.52. The summed E-state index contributed by atoms with van der Waals surface area (Å²) in [6, 6.07) is 11.1. The lowest BCUT2D eigenvalue weighted by Gasteiger charge is -2.29. The number of aromatic nitrogens is 3. The molecule has 3 aliphatic rings. The summed E-state index contributed by atoms with van der Waals surface area (Å²) in [6.07, 6.45) is 5.67. The fraction of sp³-hybridized carbons (Fsp3) is 0.361. The van der Waals surface area contributed by atoms with Crippen LogP contribution in [0.5, 0.6) is 11.5 Å². The minimum atomic E-state index is -0.611. The average Bonchev–Trinajstić information content (AvgIpc) is 3.45. The summed E-state index contributed by atoms with van der Waals surface area (Å²) < 4.78 is 7.02. The van der Waals surface area contributed by atoms with Crippen molar-refractivity contribution in [3.8, 4) is 11.5 Å². The second-order valence-electron chi connectivity index (χ2n) is 13.0.